The average Bonchev–Trinajstić information content (AvgIpc) is 2.79. The van der Waals surface area contributed by atoms with Crippen molar-refractivity contribution in [3.05, 3.63) is 21.6 Å². The quantitative estimate of drug-likeness (QED) is 0.834. The average molecular weight is 274 g/mol. The van der Waals surface area contributed by atoms with E-state index in [9.17, 15) is 9.90 Å². The molecule has 1 saturated heterocycles. The fraction of sp³-hybridized carbons (Fsp3) is 0.636. The Labute approximate surface area is 110 Å². The van der Waals surface area contributed by atoms with Crippen molar-refractivity contribution in [2.24, 2.45) is 0 Å². The molecule has 1 atom stereocenters. The lowest BCUT2D eigenvalue weighted by Crippen LogP contribution is -2.37. The van der Waals surface area contributed by atoms with Crippen LogP contribution in [0.3, 0.4) is 0 Å². The number of hydrogen-bond acceptors (Lipinski definition) is 5. The minimum Gasteiger partial charge on any atom is -0.386 e. The second-order valence-corrected chi connectivity index (χ2v) is 4.75. The van der Waals surface area contributed by atoms with Gasteiger partial charge in [-0.05, 0) is 6.92 Å². The predicted octanol–water partition coefficient (Wildman–Crippen LogP) is 0.480. The lowest BCUT2D eigenvalue weighted by molar-refractivity contribution is 0.0382. The van der Waals surface area contributed by atoms with E-state index in [1.165, 1.54) is 10.9 Å². The molecule has 2 N–H and O–H groups in total. The fourth-order valence-corrected chi connectivity index (χ4v) is 2.02. The first-order chi connectivity index (χ1) is 8.56. The topological polar surface area (TPSA) is 76.4 Å². The van der Waals surface area contributed by atoms with Crippen LogP contribution in [0.25, 0.3) is 0 Å². The summed E-state index contributed by atoms with van der Waals surface area (Å²) in [5.74, 6) is 0. The van der Waals surface area contributed by atoms with Gasteiger partial charge in [0.2, 0.25) is 0 Å². The molecule has 0 radical (unpaired) electrons. The van der Waals surface area contributed by atoms with Crippen LogP contribution in [0, 0.1) is 0 Å². The highest BCUT2D eigenvalue weighted by Gasteiger charge is 2.32. The van der Waals surface area contributed by atoms with Crippen LogP contribution in [0.5, 0.6) is 0 Å². The van der Waals surface area contributed by atoms with E-state index in [0.29, 0.717) is 25.3 Å². The van der Waals surface area contributed by atoms with E-state index in [4.69, 9.17) is 16.3 Å². The summed E-state index contributed by atoms with van der Waals surface area (Å²) in [7, 11) is 0. The largest absolute Gasteiger partial charge is 0.386 e. The van der Waals surface area contributed by atoms with Crippen molar-refractivity contribution in [3.8, 4) is 0 Å². The van der Waals surface area contributed by atoms with Crippen molar-refractivity contribution in [2.75, 3.05) is 25.1 Å². The number of halogens is 1. The summed E-state index contributed by atoms with van der Waals surface area (Å²) in [5, 5.41) is 17.1. The zero-order valence-corrected chi connectivity index (χ0v) is 10.9. The maximum absolute atomic E-state index is 11.7. The van der Waals surface area contributed by atoms with Gasteiger partial charge < -0.3 is 15.2 Å². The zero-order chi connectivity index (χ0) is 13.2. The summed E-state index contributed by atoms with van der Waals surface area (Å²) in [6, 6.07) is 0. The van der Waals surface area contributed by atoms with Gasteiger partial charge in [0.05, 0.1) is 18.5 Å². The van der Waals surface area contributed by atoms with Crippen molar-refractivity contribution in [3.63, 3.8) is 0 Å². The molecule has 7 heteroatoms. The number of aliphatic hydroxyl groups is 1. The van der Waals surface area contributed by atoms with Crippen LogP contribution in [-0.2, 0) is 11.3 Å². The smallest absolute Gasteiger partial charge is 0.287 e. The Morgan fingerprint density at radius 1 is 1.72 bits per heavy atom. The van der Waals surface area contributed by atoms with E-state index >= 15 is 0 Å². The third kappa shape index (κ3) is 2.66. The van der Waals surface area contributed by atoms with Gasteiger partial charge in [-0.2, -0.15) is 5.10 Å². The molecule has 1 unspecified atom stereocenters. The van der Waals surface area contributed by atoms with Crippen LogP contribution in [0.2, 0.25) is 5.02 Å². The van der Waals surface area contributed by atoms with E-state index in [1.54, 1.807) is 0 Å². The molecular weight excluding hydrogens is 258 g/mol. The van der Waals surface area contributed by atoms with Crippen LogP contribution in [0.4, 0.5) is 5.69 Å². The van der Waals surface area contributed by atoms with E-state index in [2.05, 4.69) is 10.4 Å². The third-order valence-electron chi connectivity index (χ3n) is 2.97. The van der Waals surface area contributed by atoms with Gasteiger partial charge in [-0.1, -0.05) is 11.6 Å². The SMILES string of the molecule is CCn1ncc(NCC2(O)CCOC2)c(Cl)c1=O. The number of nitrogens with one attached hydrogen (secondary N) is 1. The molecule has 1 aliphatic rings. The monoisotopic (exact) mass is 273 g/mol. The second kappa shape index (κ2) is 5.26. The molecule has 1 fully saturated rings. The molecule has 2 heterocycles. The summed E-state index contributed by atoms with van der Waals surface area (Å²) in [6.45, 7) is 3.40. The van der Waals surface area contributed by atoms with Gasteiger partial charge in [0.1, 0.15) is 10.6 Å². The first-order valence-corrected chi connectivity index (χ1v) is 6.23. The fourth-order valence-electron chi connectivity index (χ4n) is 1.81. The predicted molar refractivity (Wildman–Crippen MR) is 68.1 cm³/mol. The van der Waals surface area contributed by atoms with Crippen LogP contribution in [0.15, 0.2) is 11.0 Å². The van der Waals surface area contributed by atoms with Gasteiger partial charge >= 0.3 is 0 Å². The second-order valence-electron chi connectivity index (χ2n) is 4.37. The Hall–Kier alpha value is -1.11. The summed E-state index contributed by atoms with van der Waals surface area (Å²) in [6.07, 6.45) is 2.06. The van der Waals surface area contributed by atoms with Gasteiger partial charge in [0, 0.05) is 26.1 Å². The first kappa shape index (κ1) is 13.3. The highest BCUT2D eigenvalue weighted by atomic mass is 35.5. The van der Waals surface area contributed by atoms with Crippen LogP contribution in [-0.4, -0.2) is 40.2 Å². The molecule has 1 aromatic rings. The molecule has 0 saturated carbocycles. The van der Waals surface area contributed by atoms with E-state index < -0.39 is 5.60 Å². The van der Waals surface area contributed by atoms with Crippen molar-refractivity contribution >= 4 is 17.3 Å². The molecule has 0 bridgehead atoms. The Morgan fingerprint density at radius 2 is 2.50 bits per heavy atom. The summed E-state index contributed by atoms with van der Waals surface area (Å²) in [4.78, 5) is 11.7. The van der Waals surface area contributed by atoms with Crippen LogP contribution in [0.1, 0.15) is 13.3 Å². The van der Waals surface area contributed by atoms with E-state index in [-0.39, 0.29) is 23.7 Å². The van der Waals surface area contributed by atoms with E-state index in [1.807, 2.05) is 6.92 Å². The zero-order valence-electron chi connectivity index (χ0n) is 10.1. The molecule has 1 aliphatic heterocycles. The molecule has 18 heavy (non-hydrogen) atoms. The van der Waals surface area contributed by atoms with E-state index in [0.717, 1.165) is 0 Å². The minimum atomic E-state index is -0.900. The highest BCUT2D eigenvalue weighted by Crippen LogP contribution is 2.21. The number of hydrogen-bond donors (Lipinski definition) is 2. The molecular formula is C11H16ClN3O3. The molecule has 0 spiro atoms. The van der Waals surface area contributed by atoms with Crippen molar-refractivity contribution in [2.45, 2.75) is 25.5 Å². The van der Waals surface area contributed by atoms with Crippen LogP contribution < -0.4 is 10.9 Å². The Morgan fingerprint density at radius 3 is 3.11 bits per heavy atom. The first-order valence-electron chi connectivity index (χ1n) is 5.85. The Kier molecular flexibility index (Phi) is 3.89. The number of aryl methyl sites for hydroxylation is 1. The Balaban J connectivity index is 2.10. The van der Waals surface area contributed by atoms with Gasteiger partial charge in [-0.3, -0.25) is 4.79 Å². The van der Waals surface area contributed by atoms with Crippen molar-refractivity contribution in [1.29, 1.82) is 0 Å². The molecule has 0 aliphatic carbocycles. The number of aromatic nitrogens is 2. The molecule has 6 nitrogen and oxygen atoms in total. The maximum atomic E-state index is 11.7. The van der Waals surface area contributed by atoms with Crippen LogP contribution >= 0.6 is 11.6 Å². The summed E-state index contributed by atoms with van der Waals surface area (Å²) < 4.78 is 6.41. The van der Waals surface area contributed by atoms with Gasteiger partial charge in [-0.15, -0.1) is 0 Å². The van der Waals surface area contributed by atoms with Crippen molar-refractivity contribution < 1.29 is 9.84 Å². The summed E-state index contributed by atoms with van der Waals surface area (Å²) >= 11 is 5.96. The molecule has 2 rings (SSSR count). The van der Waals surface area contributed by atoms with Crippen molar-refractivity contribution in [1.82, 2.24) is 9.78 Å². The maximum Gasteiger partial charge on any atom is 0.287 e. The van der Waals surface area contributed by atoms with Gasteiger partial charge in [-0.25, -0.2) is 4.68 Å². The minimum absolute atomic E-state index is 0.0920. The number of ether oxygens (including phenoxy) is 1. The third-order valence-corrected chi connectivity index (χ3v) is 3.34. The van der Waals surface area contributed by atoms with Gasteiger partial charge in [0.25, 0.3) is 5.56 Å². The lowest BCUT2D eigenvalue weighted by atomic mass is 10.0. The normalized spacial score (nSPS) is 23.3. The van der Waals surface area contributed by atoms with Gasteiger partial charge in [0.15, 0.2) is 0 Å². The lowest BCUT2D eigenvalue weighted by Gasteiger charge is -2.21. The summed E-state index contributed by atoms with van der Waals surface area (Å²) in [5.41, 5.74) is -0.798. The molecule has 1 aromatic heterocycles. The number of nitrogens with zero attached hydrogens (tertiary/aromatic N) is 2. The number of anilines is 1. The molecule has 0 amide bonds. The molecule has 0 aromatic carbocycles. The standard InChI is InChI=1S/C11H16ClN3O3/c1-2-15-10(16)9(12)8(5-14-15)13-6-11(17)3-4-18-7-11/h5,13,17H,2-4,6-7H2,1H3. The Bertz CT molecular complexity index is 483. The molecule has 100 valence electrons. The number of rotatable bonds is 4. The highest BCUT2D eigenvalue weighted by molar-refractivity contribution is 6.32.